The lowest BCUT2D eigenvalue weighted by atomic mass is 10.2. The van der Waals surface area contributed by atoms with Crippen molar-refractivity contribution in [1.29, 1.82) is 0 Å². The molecule has 0 fully saturated rings. The number of phenolic OH excluding ortho intramolecular Hbond substituents is 1. The van der Waals surface area contributed by atoms with Crippen LogP contribution in [0.3, 0.4) is 0 Å². The molecule has 0 saturated heterocycles. The molecule has 6 nitrogen and oxygen atoms in total. The second-order valence-electron chi connectivity index (χ2n) is 4.80. The normalized spacial score (nSPS) is 15.9. The standard InChI is InChI=1S/C16H16N2O4S/c1-23-9-6-14(21)15-17-13(16(22)18(15)7-8-19)10-11-2-4-12(20)5-3-11/h2-5,8,10,20H,6-7,9H2,1H3. The number of hydrogen-bond donors (Lipinski definition) is 1. The zero-order valence-electron chi connectivity index (χ0n) is 12.6. The number of aldehydes is 1. The minimum atomic E-state index is -0.474. The Hall–Kier alpha value is -2.41. The molecule has 1 amide bonds. The molecule has 1 aromatic carbocycles. The lowest BCUT2D eigenvalue weighted by Gasteiger charge is -2.13. The molecule has 1 aromatic rings. The number of ketones is 1. The number of nitrogens with zero attached hydrogens (tertiary/aromatic N) is 2. The molecule has 7 heteroatoms. The van der Waals surface area contributed by atoms with E-state index in [0.29, 0.717) is 17.6 Å². The van der Waals surface area contributed by atoms with Crippen LogP contribution in [0, 0.1) is 0 Å². The summed E-state index contributed by atoms with van der Waals surface area (Å²) in [7, 11) is 0. The van der Waals surface area contributed by atoms with Crippen molar-refractivity contribution in [3.63, 3.8) is 0 Å². The van der Waals surface area contributed by atoms with Crippen LogP contribution >= 0.6 is 11.8 Å². The molecule has 0 radical (unpaired) electrons. The van der Waals surface area contributed by atoms with E-state index in [0.717, 1.165) is 4.90 Å². The van der Waals surface area contributed by atoms with Crippen molar-refractivity contribution < 1.29 is 19.5 Å². The Labute approximate surface area is 137 Å². The molecule has 0 unspecified atom stereocenters. The van der Waals surface area contributed by atoms with E-state index < -0.39 is 5.91 Å². The van der Waals surface area contributed by atoms with Gasteiger partial charge in [0.05, 0.1) is 6.54 Å². The fourth-order valence-corrected chi connectivity index (χ4v) is 2.43. The summed E-state index contributed by atoms with van der Waals surface area (Å²) in [6.07, 6.45) is 4.23. The van der Waals surface area contributed by atoms with E-state index in [4.69, 9.17) is 0 Å². The number of carbonyl (C=O) groups is 3. The second-order valence-corrected chi connectivity index (χ2v) is 5.79. The number of amidine groups is 1. The van der Waals surface area contributed by atoms with Gasteiger partial charge in [0.15, 0.2) is 11.6 Å². The van der Waals surface area contributed by atoms with Gasteiger partial charge in [-0.15, -0.1) is 0 Å². The van der Waals surface area contributed by atoms with Gasteiger partial charge in [-0.05, 0) is 30.0 Å². The largest absolute Gasteiger partial charge is 0.508 e. The van der Waals surface area contributed by atoms with Gasteiger partial charge in [0, 0.05) is 12.2 Å². The minimum Gasteiger partial charge on any atom is -0.508 e. The molecular weight excluding hydrogens is 316 g/mol. The van der Waals surface area contributed by atoms with Crippen LogP contribution in [0.2, 0.25) is 0 Å². The number of benzene rings is 1. The molecule has 0 atom stereocenters. The quantitative estimate of drug-likeness (QED) is 0.604. The summed E-state index contributed by atoms with van der Waals surface area (Å²) < 4.78 is 0. The lowest BCUT2D eigenvalue weighted by molar-refractivity contribution is -0.125. The number of hydrogen-bond acceptors (Lipinski definition) is 6. The van der Waals surface area contributed by atoms with Gasteiger partial charge in [-0.1, -0.05) is 12.1 Å². The van der Waals surface area contributed by atoms with Gasteiger partial charge in [-0.3, -0.25) is 14.5 Å². The van der Waals surface area contributed by atoms with Crippen LogP contribution in [0.5, 0.6) is 5.75 Å². The number of amides is 1. The zero-order chi connectivity index (χ0) is 16.8. The zero-order valence-corrected chi connectivity index (χ0v) is 13.4. The van der Waals surface area contributed by atoms with Gasteiger partial charge < -0.3 is 9.90 Å². The summed E-state index contributed by atoms with van der Waals surface area (Å²) >= 11 is 1.52. The number of Topliss-reactive ketones (excluding diaryl/α,β-unsaturated/α-hetero) is 1. The highest BCUT2D eigenvalue weighted by molar-refractivity contribution is 7.98. The third-order valence-electron chi connectivity index (χ3n) is 3.18. The average molecular weight is 332 g/mol. The van der Waals surface area contributed by atoms with E-state index >= 15 is 0 Å². The highest BCUT2D eigenvalue weighted by Gasteiger charge is 2.33. The van der Waals surface area contributed by atoms with Gasteiger partial charge >= 0.3 is 0 Å². The number of thioether (sulfide) groups is 1. The Morgan fingerprint density at radius 1 is 1.35 bits per heavy atom. The first-order valence-corrected chi connectivity index (χ1v) is 8.33. The highest BCUT2D eigenvalue weighted by atomic mass is 32.2. The SMILES string of the molecule is CSCCC(=O)C1=NC(=Cc2ccc(O)cc2)C(=O)N1CC=O. The molecule has 120 valence electrons. The van der Waals surface area contributed by atoms with E-state index in [1.807, 2.05) is 6.26 Å². The Kier molecular flexibility index (Phi) is 5.70. The number of aliphatic imine (C=N–C) groups is 1. The molecule has 1 aliphatic heterocycles. The fourth-order valence-electron chi connectivity index (χ4n) is 2.04. The Morgan fingerprint density at radius 2 is 2.04 bits per heavy atom. The third kappa shape index (κ3) is 4.07. The second kappa shape index (κ2) is 7.73. The van der Waals surface area contributed by atoms with E-state index in [1.165, 1.54) is 30.0 Å². The molecule has 0 aliphatic carbocycles. The van der Waals surface area contributed by atoms with E-state index in [2.05, 4.69) is 4.99 Å². The van der Waals surface area contributed by atoms with Gasteiger partial charge in [0.25, 0.3) is 5.91 Å². The molecule has 2 rings (SSSR count). The Bertz CT molecular complexity index is 680. The summed E-state index contributed by atoms with van der Waals surface area (Å²) in [4.78, 5) is 40.5. The van der Waals surface area contributed by atoms with Crippen molar-refractivity contribution in [3.05, 3.63) is 35.5 Å². The monoisotopic (exact) mass is 332 g/mol. The van der Waals surface area contributed by atoms with Crippen LogP contribution < -0.4 is 0 Å². The molecule has 0 saturated carbocycles. The number of carbonyl (C=O) groups excluding carboxylic acids is 3. The van der Waals surface area contributed by atoms with E-state index in [1.54, 1.807) is 12.1 Å². The van der Waals surface area contributed by atoms with Crippen LogP contribution in [0.1, 0.15) is 12.0 Å². The summed E-state index contributed by atoms with van der Waals surface area (Å²) in [5.41, 5.74) is 0.767. The van der Waals surface area contributed by atoms with Crippen LogP contribution in [0.4, 0.5) is 0 Å². The van der Waals surface area contributed by atoms with Crippen molar-refractivity contribution in [2.24, 2.45) is 4.99 Å². The van der Waals surface area contributed by atoms with Crippen molar-refractivity contribution in [2.75, 3.05) is 18.6 Å². The summed E-state index contributed by atoms with van der Waals surface area (Å²) in [5.74, 6) is 0.0178. The number of phenols is 1. The van der Waals surface area contributed by atoms with E-state index in [-0.39, 0.29) is 36.0 Å². The molecule has 0 aromatic heterocycles. The van der Waals surface area contributed by atoms with Crippen LogP contribution in [-0.2, 0) is 14.4 Å². The Balaban J connectivity index is 2.31. The predicted octanol–water partition coefficient (Wildman–Crippen LogP) is 1.49. The maximum absolute atomic E-state index is 12.3. The molecule has 0 bridgehead atoms. The first-order valence-electron chi connectivity index (χ1n) is 6.94. The van der Waals surface area contributed by atoms with Crippen molar-refractivity contribution in [1.82, 2.24) is 4.90 Å². The summed E-state index contributed by atoms with van der Waals surface area (Å²) in [6.45, 7) is -0.199. The van der Waals surface area contributed by atoms with Crippen molar-refractivity contribution in [2.45, 2.75) is 6.42 Å². The van der Waals surface area contributed by atoms with Gasteiger partial charge in [0.2, 0.25) is 0 Å². The first-order chi connectivity index (χ1) is 11.1. The molecule has 1 aliphatic rings. The number of aromatic hydroxyl groups is 1. The topological polar surface area (TPSA) is 87.0 Å². The molecule has 1 heterocycles. The molecule has 0 spiro atoms. The smallest absolute Gasteiger partial charge is 0.278 e. The van der Waals surface area contributed by atoms with Crippen molar-refractivity contribution >= 4 is 41.7 Å². The van der Waals surface area contributed by atoms with Crippen LogP contribution in [0.15, 0.2) is 35.0 Å². The molecule has 23 heavy (non-hydrogen) atoms. The molecular formula is C16H16N2O4S. The predicted molar refractivity (Wildman–Crippen MR) is 89.3 cm³/mol. The van der Waals surface area contributed by atoms with Crippen LogP contribution in [0.25, 0.3) is 6.08 Å². The highest BCUT2D eigenvalue weighted by Crippen LogP contribution is 2.20. The van der Waals surface area contributed by atoms with Gasteiger partial charge in [-0.25, -0.2) is 4.99 Å². The van der Waals surface area contributed by atoms with Crippen molar-refractivity contribution in [3.8, 4) is 5.75 Å². The summed E-state index contributed by atoms with van der Waals surface area (Å²) in [6, 6.07) is 6.23. The Morgan fingerprint density at radius 3 is 2.65 bits per heavy atom. The third-order valence-corrected chi connectivity index (χ3v) is 3.79. The summed E-state index contributed by atoms with van der Waals surface area (Å²) in [5, 5.41) is 9.27. The molecule has 1 N–H and O–H groups in total. The van der Waals surface area contributed by atoms with Crippen LogP contribution in [-0.4, -0.2) is 52.4 Å². The first kappa shape index (κ1) is 17.0. The maximum atomic E-state index is 12.3. The van der Waals surface area contributed by atoms with Gasteiger partial charge in [0.1, 0.15) is 17.7 Å². The lowest BCUT2D eigenvalue weighted by Crippen LogP contribution is -2.38. The fraction of sp³-hybridized carbons (Fsp3) is 0.250. The average Bonchev–Trinajstić information content (AvgIpc) is 2.85. The maximum Gasteiger partial charge on any atom is 0.278 e. The van der Waals surface area contributed by atoms with E-state index in [9.17, 15) is 19.5 Å². The van der Waals surface area contributed by atoms with Gasteiger partial charge in [-0.2, -0.15) is 11.8 Å². The number of rotatable bonds is 7. The minimum absolute atomic E-state index is 0.0150.